The molecular formula is C13H11BrFN3O3. The molecular weight excluding hydrogens is 345 g/mol. The van der Waals surface area contributed by atoms with Gasteiger partial charge < -0.3 is 10.5 Å². The predicted molar refractivity (Wildman–Crippen MR) is 77.7 cm³/mol. The van der Waals surface area contributed by atoms with Crippen molar-refractivity contribution in [1.82, 2.24) is 4.98 Å². The third-order valence-electron chi connectivity index (χ3n) is 2.70. The molecule has 8 heteroatoms. The van der Waals surface area contributed by atoms with Crippen molar-refractivity contribution in [2.24, 2.45) is 5.73 Å². The summed E-state index contributed by atoms with van der Waals surface area (Å²) in [7, 11) is 0. The van der Waals surface area contributed by atoms with Gasteiger partial charge in [-0.05, 0) is 34.5 Å². The second-order valence-electron chi connectivity index (χ2n) is 4.31. The number of rotatable bonds is 4. The number of halogens is 2. The van der Waals surface area contributed by atoms with Crippen LogP contribution >= 0.6 is 15.9 Å². The van der Waals surface area contributed by atoms with Gasteiger partial charge in [0.2, 0.25) is 11.6 Å². The number of ether oxygens (including phenoxy) is 1. The molecule has 0 bridgehead atoms. The molecule has 1 heterocycles. The Hall–Kier alpha value is -2.06. The molecule has 110 valence electrons. The highest BCUT2D eigenvalue weighted by Crippen LogP contribution is 2.35. The summed E-state index contributed by atoms with van der Waals surface area (Å²) in [6, 6.07) is 4.98. The van der Waals surface area contributed by atoms with Crippen LogP contribution in [0.1, 0.15) is 18.5 Å². The molecule has 0 aliphatic carbocycles. The van der Waals surface area contributed by atoms with Gasteiger partial charge in [-0.3, -0.25) is 10.1 Å². The first-order valence-electron chi connectivity index (χ1n) is 5.91. The van der Waals surface area contributed by atoms with E-state index in [1.807, 2.05) is 0 Å². The molecule has 21 heavy (non-hydrogen) atoms. The Balaban J connectivity index is 2.41. The molecule has 0 unspecified atom stereocenters. The molecule has 0 radical (unpaired) electrons. The molecule has 1 atom stereocenters. The Bertz CT molecular complexity index is 694. The SMILES string of the molecule is C[C@@H](N)c1ccnc(Oc2cc(F)c(Br)cc2[N+](=O)[O-])c1. The summed E-state index contributed by atoms with van der Waals surface area (Å²) in [4.78, 5) is 14.3. The first-order chi connectivity index (χ1) is 9.88. The maximum atomic E-state index is 13.5. The number of benzene rings is 1. The molecule has 6 nitrogen and oxygen atoms in total. The van der Waals surface area contributed by atoms with Gasteiger partial charge in [0, 0.05) is 30.4 Å². The summed E-state index contributed by atoms with van der Waals surface area (Å²) in [6.45, 7) is 1.78. The van der Waals surface area contributed by atoms with E-state index in [4.69, 9.17) is 10.5 Å². The van der Waals surface area contributed by atoms with Crippen molar-refractivity contribution < 1.29 is 14.1 Å². The molecule has 1 aromatic carbocycles. The number of hydrogen-bond donors (Lipinski definition) is 1. The van der Waals surface area contributed by atoms with Gasteiger partial charge in [0.25, 0.3) is 0 Å². The number of nitro benzene ring substituents is 1. The highest BCUT2D eigenvalue weighted by atomic mass is 79.9. The van der Waals surface area contributed by atoms with Crippen molar-refractivity contribution in [2.45, 2.75) is 13.0 Å². The van der Waals surface area contributed by atoms with Crippen LogP contribution in [0.25, 0.3) is 0 Å². The van der Waals surface area contributed by atoms with E-state index in [2.05, 4.69) is 20.9 Å². The zero-order chi connectivity index (χ0) is 15.6. The van der Waals surface area contributed by atoms with Crippen LogP contribution in [0, 0.1) is 15.9 Å². The van der Waals surface area contributed by atoms with Crippen molar-refractivity contribution in [3.05, 3.63) is 56.4 Å². The zero-order valence-electron chi connectivity index (χ0n) is 10.9. The van der Waals surface area contributed by atoms with E-state index in [0.717, 1.165) is 17.7 Å². The summed E-state index contributed by atoms with van der Waals surface area (Å²) in [5.41, 5.74) is 6.13. The fourth-order valence-corrected chi connectivity index (χ4v) is 1.95. The summed E-state index contributed by atoms with van der Waals surface area (Å²) in [5, 5.41) is 11.0. The maximum absolute atomic E-state index is 13.5. The van der Waals surface area contributed by atoms with Gasteiger partial charge in [0.1, 0.15) is 5.82 Å². The van der Waals surface area contributed by atoms with E-state index in [9.17, 15) is 14.5 Å². The molecule has 2 aromatic rings. The molecule has 0 saturated carbocycles. The van der Waals surface area contributed by atoms with Crippen LogP contribution in [0.5, 0.6) is 11.6 Å². The average molecular weight is 356 g/mol. The molecule has 0 fully saturated rings. The van der Waals surface area contributed by atoms with Gasteiger partial charge in [0.05, 0.1) is 9.40 Å². The second kappa shape index (κ2) is 6.15. The Morgan fingerprint density at radius 2 is 2.19 bits per heavy atom. The molecule has 0 aliphatic heterocycles. The number of nitro groups is 1. The molecule has 2 N–H and O–H groups in total. The first-order valence-corrected chi connectivity index (χ1v) is 6.70. The Kier molecular flexibility index (Phi) is 4.49. The van der Waals surface area contributed by atoms with Gasteiger partial charge in [0.15, 0.2) is 0 Å². The minimum Gasteiger partial charge on any atom is -0.432 e. The summed E-state index contributed by atoms with van der Waals surface area (Å²) in [5.74, 6) is -0.788. The van der Waals surface area contributed by atoms with Gasteiger partial charge in [-0.2, -0.15) is 0 Å². The smallest absolute Gasteiger partial charge is 0.312 e. The number of hydrogen-bond acceptors (Lipinski definition) is 5. The van der Waals surface area contributed by atoms with Crippen LogP contribution in [-0.4, -0.2) is 9.91 Å². The molecule has 0 aliphatic rings. The lowest BCUT2D eigenvalue weighted by Crippen LogP contribution is -2.05. The lowest BCUT2D eigenvalue weighted by molar-refractivity contribution is -0.385. The van der Waals surface area contributed by atoms with Gasteiger partial charge >= 0.3 is 5.69 Å². The molecule has 0 spiro atoms. The summed E-state index contributed by atoms with van der Waals surface area (Å²) < 4.78 is 18.9. The highest BCUT2D eigenvalue weighted by molar-refractivity contribution is 9.10. The average Bonchev–Trinajstić information content (AvgIpc) is 2.42. The normalized spacial score (nSPS) is 12.0. The predicted octanol–water partition coefficient (Wildman–Crippen LogP) is 3.70. The molecule has 0 saturated heterocycles. The van der Waals surface area contributed by atoms with Gasteiger partial charge in [-0.1, -0.05) is 0 Å². The second-order valence-corrected chi connectivity index (χ2v) is 5.16. The van der Waals surface area contributed by atoms with E-state index in [-0.39, 0.29) is 27.8 Å². The third-order valence-corrected chi connectivity index (χ3v) is 3.31. The van der Waals surface area contributed by atoms with E-state index >= 15 is 0 Å². The van der Waals surface area contributed by atoms with Crippen LogP contribution in [0.3, 0.4) is 0 Å². The lowest BCUT2D eigenvalue weighted by atomic mass is 10.1. The largest absolute Gasteiger partial charge is 0.432 e. The van der Waals surface area contributed by atoms with Crippen LogP contribution in [0.15, 0.2) is 34.9 Å². The van der Waals surface area contributed by atoms with E-state index in [0.29, 0.717) is 0 Å². The maximum Gasteiger partial charge on any atom is 0.312 e. The minimum absolute atomic E-state index is 0.0150. The monoisotopic (exact) mass is 355 g/mol. The standard InChI is InChI=1S/C13H11BrFN3O3/c1-7(16)8-2-3-17-13(4-8)21-12-6-10(15)9(14)5-11(12)18(19)20/h2-7H,16H2,1H3/t7-/m1/s1. The first kappa shape index (κ1) is 15.3. The van der Waals surface area contributed by atoms with Crippen molar-refractivity contribution in [3.8, 4) is 11.6 Å². The van der Waals surface area contributed by atoms with Crippen molar-refractivity contribution in [2.75, 3.05) is 0 Å². The summed E-state index contributed by atoms with van der Waals surface area (Å²) in [6.07, 6.45) is 1.47. The molecule has 2 rings (SSSR count). The van der Waals surface area contributed by atoms with E-state index in [1.54, 1.807) is 19.1 Å². The zero-order valence-corrected chi connectivity index (χ0v) is 12.5. The van der Waals surface area contributed by atoms with E-state index < -0.39 is 10.7 Å². The van der Waals surface area contributed by atoms with Crippen molar-refractivity contribution in [1.29, 1.82) is 0 Å². The van der Waals surface area contributed by atoms with Crippen molar-refractivity contribution in [3.63, 3.8) is 0 Å². The van der Waals surface area contributed by atoms with Gasteiger partial charge in [-0.25, -0.2) is 9.37 Å². The molecule has 1 aromatic heterocycles. The number of nitrogens with two attached hydrogens (primary N) is 1. The Labute approximate surface area is 128 Å². The van der Waals surface area contributed by atoms with Crippen molar-refractivity contribution >= 4 is 21.6 Å². The Morgan fingerprint density at radius 3 is 2.81 bits per heavy atom. The summed E-state index contributed by atoms with van der Waals surface area (Å²) >= 11 is 2.90. The minimum atomic E-state index is -0.668. The molecule has 0 amide bonds. The lowest BCUT2D eigenvalue weighted by Gasteiger charge is -2.09. The van der Waals surface area contributed by atoms with Crippen LogP contribution in [0.2, 0.25) is 0 Å². The fourth-order valence-electron chi connectivity index (χ4n) is 1.62. The van der Waals surface area contributed by atoms with Crippen LogP contribution < -0.4 is 10.5 Å². The quantitative estimate of drug-likeness (QED) is 0.666. The van der Waals surface area contributed by atoms with Crippen LogP contribution in [0.4, 0.5) is 10.1 Å². The highest BCUT2D eigenvalue weighted by Gasteiger charge is 2.20. The van der Waals surface area contributed by atoms with E-state index in [1.165, 1.54) is 6.20 Å². The number of aromatic nitrogens is 1. The number of pyridine rings is 1. The third kappa shape index (κ3) is 3.53. The number of nitrogens with zero attached hydrogens (tertiary/aromatic N) is 2. The topological polar surface area (TPSA) is 91.3 Å². The van der Waals surface area contributed by atoms with Gasteiger partial charge in [-0.15, -0.1) is 0 Å². The van der Waals surface area contributed by atoms with Crippen LogP contribution in [-0.2, 0) is 0 Å². The fraction of sp³-hybridized carbons (Fsp3) is 0.154. The Morgan fingerprint density at radius 1 is 1.48 bits per heavy atom.